The molecule has 0 spiro atoms. The fraction of sp³-hybridized carbons (Fsp3) is 0.533. The van der Waals surface area contributed by atoms with Crippen molar-refractivity contribution in [3.05, 3.63) is 28.8 Å². The molecule has 0 radical (unpaired) electrons. The van der Waals surface area contributed by atoms with Crippen molar-refractivity contribution >= 4 is 5.78 Å². The molecule has 0 saturated carbocycles. The summed E-state index contributed by atoms with van der Waals surface area (Å²) in [5.41, 5.74) is 2.92. The number of hydrogen-bond donors (Lipinski definition) is 0. The lowest BCUT2D eigenvalue weighted by molar-refractivity contribution is 0.101. The lowest BCUT2D eigenvalue weighted by Gasteiger charge is -2.16. The monoisotopic (exact) mass is 234 g/mol. The molecule has 1 aromatic carbocycles. The van der Waals surface area contributed by atoms with Crippen LogP contribution in [0.5, 0.6) is 5.75 Å². The van der Waals surface area contributed by atoms with E-state index in [9.17, 15) is 4.79 Å². The summed E-state index contributed by atoms with van der Waals surface area (Å²) in [6.07, 6.45) is 0.991. The van der Waals surface area contributed by atoms with Gasteiger partial charge in [0.25, 0.3) is 0 Å². The Hall–Kier alpha value is -1.31. The van der Waals surface area contributed by atoms with Gasteiger partial charge in [-0.25, -0.2) is 0 Å². The van der Waals surface area contributed by atoms with Crippen LogP contribution < -0.4 is 4.74 Å². The Bertz CT molecular complexity index is 406. The van der Waals surface area contributed by atoms with Gasteiger partial charge in [0, 0.05) is 5.56 Å². The number of aryl methyl sites for hydroxylation is 1. The van der Waals surface area contributed by atoms with Gasteiger partial charge in [0.2, 0.25) is 0 Å². The molecule has 17 heavy (non-hydrogen) atoms. The van der Waals surface area contributed by atoms with Crippen LogP contribution in [0.4, 0.5) is 0 Å². The van der Waals surface area contributed by atoms with Gasteiger partial charge >= 0.3 is 0 Å². The average Bonchev–Trinajstić information content (AvgIpc) is 2.25. The second kappa shape index (κ2) is 5.85. The van der Waals surface area contributed by atoms with Crippen LogP contribution in [0.2, 0.25) is 0 Å². The van der Waals surface area contributed by atoms with Crippen molar-refractivity contribution < 1.29 is 9.53 Å². The molecule has 0 bridgehead atoms. The number of benzene rings is 1. The lowest BCUT2D eigenvalue weighted by Crippen LogP contribution is -2.04. The summed E-state index contributed by atoms with van der Waals surface area (Å²) in [6.45, 7) is 10.6. The molecule has 0 aliphatic rings. The lowest BCUT2D eigenvalue weighted by atomic mass is 9.95. The van der Waals surface area contributed by atoms with Crippen molar-refractivity contribution in [3.63, 3.8) is 0 Å². The number of carbonyl (C=O) groups is 1. The predicted octanol–water partition coefficient (Wildman–Crippen LogP) is 4.11. The zero-order chi connectivity index (χ0) is 13.0. The van der Waals surface area contributed by atoms with Gasteiger partial charge in [0.15, 0.2) is 5.78 Å². The molecule has 1 aromatic rings. The highest BCUT2D eigenvalue weighted by Crippen LogP contribution is 2.30. The summed E-state index contributed by atoms with van der Waals surface area (Å²) < 4.78 is 5.75. The fourth-order valence-corrected chi connectivity index (χ4v) is 1.87. The minimum atomic E-state index is 0.117. The number of hydrogen-bond acceptors (Lipinski definition) is 2. The summed E-state index contributed by atoms with van der Waals surface area (Å²) in [5, 5.41) is 0. The van der Waals surface area contributed by atoms with Crippen molar-refractivity contribution in [3.8, 4) is 5.75 Å². The fourth-order valence-electron chi connectivity index (χ4n) is 1.87. The molecule has 0 fully saturated rings. The Morgan fingerprint density at radius 3 is 2.47 bits per heavy atom. The Kier molecular flexibility index (Phi) is 4.73. The van der Waals surface area contributed by atoms with Crippen LogP contribution in [-0.2, 0) is 0 Å². The van der Waals surface area contributed by atoms with Crippen molar-refractivity contribution in [1.29, 1.82) is 0 Å². The Balaban J connectivity index is 3.20. The minimum absolute atomic E-state index is 0.117. The molecular formula is C15H22O2. The Morgan fingerprint density at radius 1 is 1.35 bits per heavy atom. The van der Waals surface area contributed by atoms with Crippen molar-refractivity contribution in [1.82, 2.24) is 0 Å². The second-order valence-electron chi connectivity index (χ2n) is 4.76. The van der Waals surface area contributed by atoms with E-state index in [1.807, 2.05) is 19.1 Å². The van der Waals surface area contributed by atoms with Crippen molar-refractivity contribution in [2.24, 2.45) is 0 Å². The van der Waals surface area contributed by atoms with E-state index in [1.54, 1.807) is 6.92 Å². The van der Waals surface area contributed by atoms with Gasteiger partial charge in [-0.3, -0.25) is 4.79 Å². The highest BCUT2D eigenvalue weighted by Gasteiger charge is 2.13. The van der Waals surface area contributed by atoms with Crippen LogP contribution in [0.1, 0.15) is 61.5 Å². The highest BCUT2D eigenvalue weighted by molar-refractivity contribution is 5.96. The predicted molar refractivity (Wildman–Crippen MR) is 71.1 cm³/mol. The number of ketones is 1. The quantitative estimate of drug-likeness (QED) is 0.717. The van der Waals surface area contributed by atoms with Gasteiger partial charge in [-0.05, 0) is 49.4 Å². The first-order valence-corrected chi connectivity index (χ1v) is 6.25. The van der Waals surface area contributed by atoms with E-state index >= 15 is 0 Å². The topological polar surface area (TPSA) is 26.3 Å². The van der Waals surface area contributed by atoms with E-state index < -0.39 is 0 Å². The first-order valence-electron chi connectivity index (χ1n) is 6.25. The SMILES string of the molecule is CCCOc1cc(C)c(C(C)=O)cc1C(C)C. The molecule has 2 heteroatoms. The molecule has 0 aromatic heterocycles. The zero-order valence-corrected chi connectivity index (χ0v) is 11.5. The summed E-state index contributed by atoms with van der Waals surface area (Å²) in [6, 6.07) is 3.97. The molecule has 0 N–H and O–H groups in total. The summed E-state index contributed by atoms with van der Waals surface area (Å²) in [5.74, 6) is 1.40. The molecule has 0 heterocycles. The molecular weight excluding hydrogens is 212 g/mol. The Morgan fingerprint density at radius 2 is 2.00 bits per heavy atom. The van der Waals surface area contributed by atoms with E-state index in [-0.39, 0.29) is 5.78 Å². The molecule has 0 atom stereocenters. The first kappa shape index (κ1) is 13.8. The van der Waals surface area contributed by atoms with Crippen LogP contribution in [0.25, 0.3) is 0 Å². The van der Waals surface area contributed by atoms with E-state index in [0.717, 1.165) is 35.5 Å². The zero-order valence-electron chi connectivity index (χ0n) is 11.5. The maximum absolute atomic E-state index is 11.5. The molecule has 2 nitrogen and oxygen atoms in total. The molecule has 0 aliphatic heterocycles. The van der Waals surface area contributed by atoms with Crippen molar-refractivity contribution in [2.45, 2.75) is 47.0 Å². The van der Waals surface area contributed by atoms with Gasteiger partial charge in [0.05, 0.1) is 6.61 Å². The van der Waals surface area contributed by atoms with E-state index in [4.69, 9.17) is 4.74 Å². The maximum atomic E-state index is 11.5. The number of ether oxygens (including phenoxy) is 1. The molecule has 94 valence electrons. The van der Waals surface area contributed by atoms with Gasteiger partial charge in [-0.2, -0.15) is 0 Å². The van der Waals surface area contributed by atoms with Crippen LogP contribution in [-0.4, -0.2) is 12.4 Å². The van der Waals surface area contributed by atoms with Crippen LogP contribution >= 0.6 is 0 Å². The standard InChI is InChI=1S/C15H22O2/c1-6-7-17-15-8-11(4)14(12(5)16)9-13(15)10(2)3/h8-10H,6-7H2,1-5H3. The first-order chi connectivity index (χ1) is 7.97. The molecule has 1 rings (SSSR count). The normalized spacial score (nSPS) is 10.7. The summed E-state index contributed by atoms with van der Waals surface area (Å²) in [7, 11) is 0. The number of Topliss-reactive ketones (excluding diaryl/α,β-unsaturated/α-hetero) is 1. The molecule has 0 aliphatic carbocycles. The molecule has 0 unspecified atom stereocenters. The molecule has 0 saturated heterocycles. The largest absolute Gasteiger partial charge is 0.493 e. The molecule has 0 amide bonds. The van der Waals surface area contributed by atoms with E-state index in [1.165, 1.54) is 0 Å². The van der Waals surface area contributed by atoms with Gasteiger partial charge < -0.3 is 4.74 Å². The smallest absolute Gasteiger partial charge is 0.160 e. The summed E-state index contributed by atoms with van der Waals surface area (Å²) >= 11 is 0. The number of carbonyl (C=O) groups excluding carboxylic acids is 1. The summed E-state index contributed by atoms with van der Waals surface area (Å²) in [4.78, 5) is 11.5. The van der Waals surface area contributed by atoms with Crippen LogP contribution in [0.3, 0.4) is 0 Å². The van der Waals surface area contributed by atoms with Crippen molar-refractivity contribution in [2.75, 3.05) is 6.61 Å². The number of rotatable bonds is 5. The van der Waals surface area contributed by atoms with Crippen LogP contribution in [0.15, 0.2) is 12.1 Å². The van der Waals surface area contributed by atoms with E-state index in [2.05, 4.69) is 20.8 Å². The minimum Gasteiger partial charge on any atom is -0.493 e. The van der Waals surface area contributed by atoms with Gasteiger partial charge in [0.1, 0.15) is 5.75 Å². The van der Waals surface area contributed by atoms with Gasteiger partial charge in [-0.15, -0.1) is 0 Å². The second-order valence-corrected chi connectivity index (χ2v) is 4.76. The average molecular weight is 234 g/mol. The van der Waals surface area contributed by atoms with Crippen LogP contribution in [0, 0.1) is 6.92 Å². The maximum Gasteiger partial charge on any atom is 0.160 e. The third-order valence-corrected chi connectivity index (χ3v) is 2.82. The van der Waals surface area contributed by atoms with Gasteiger partial charge in [-0.1, -0.05) is 20.8 Å². The van der Waals surface area contributed by atoms with E-state index in [0.29, 0.717) is 5.92 Å². The highest BCUT2D eigenvalue weighted by atomic mass is 16.5. The third-order valence-electron chi connectivity index (χ3n) is 2.82. The third kappa shape index (κ3) is 3.32. The Labute approximate surface area is 104 Å².